The Bertz CT molecular complexity index is 1010. The number of nitrogens with one attached hydrogen (secondary N) is 1. The highest BCUT2D eigenvalue weighted by Crippen LogP contribution is 2.28. The number of carbonyl (C=O) groups excluding carboxylic acids is 2. The van der Waals surface area contributed by atoms with E-state index in [-0.39, 0.29) is 23.8 Å². The number of benzene rings is 3. The van der Waals surface area contributed by atoms with Gasteiger partial charge in [0.05, 0.1) is 6.04 Å². The third-order valence-corrected chi connectivity index (χ3v) is 6.08. The quantitative estimate of drug-likeness (QED) is 0.563. The maximum atomic E-state index is 13.0. The molecular formula is C27H29N3O2. The van der Waals surface area contributed by atoms with E-state index in [9.17, 15) is 9.59 Å². The number of nitrogens with zero attached hydrogens (tertiary/aromatic N) is 1. The van der Waals surface area contributed by atoms with Gasteiger partial charge in [-0.1, -0.05) is 72.8 Å². The van der Waals surface area contributed by atoms with Crippen LogP contribution in [0, 0.1) is 0 Å². The van der Waals surface area contributed by atoms with Crippen LogP contribution in [0.5, 0.6) is 0 Å². The number of hydrogen-bond acceptors (Lipinski definition) is 3. The summed E-state index contributed by atoms with van der Waals surface area (Å²) in [6.45, 7) is 1.51. The summed E-state index contributed by atoms with van der Waals surface area (Å²) >= 11 is 0. The van der Waals surface area contributed by atoms with Crippen molar-refractivity contribution in [2.75, 3.05) is 11.9 Å². The van der Waals surface area contributed by atoms with Crippen LogP contribution in [0.25, 0.3) is 0 Å². The van der Waals surface area contributed by atoms with Crippen LogP contribution in [0.15, 0.2) is 84.9 Å². The number of carbonyl (C=O) groups is 2. The molecule has 1 atom stereocenters. The molecule has 1 aliphatic heterocycles. The number of rotatable bonds is 8. The van der Waals surface area contributed by atoms with Gasteiger partial charge in [0.2, 0.25) is 11.8 Å². The number of likely N-dealkylation sites (tertiary alicyclic amines) is 1. The van der Waals surface area contributed by atoms with E-state index in [0.717, 1.165) is 41.8 Å². The van der Waals surface area contributed by atoms with Gasteiger partial charge in [-0.15, -0.1) is 0 Å². The average molecular weight is 428 g/mol. The van der Waals surface area contributed by atoms with Crippen LogP contribution in [0.1, 0.15) is 41.9 Å². The standard InChI is InChI=1S/C27H29N3O2/c28-27(32)25-15-8-16-30(25)19-20-9-7-14-23(17-20)29-26(31)18-24(21-10-3-1-4-11-21)22-12-5-2-6-13-22/h1-7,9-14,17,24-25H,8,15-16,18-19H2,(H2,28,32)(H,29,31). The average Bonchev–Trinajstić information content (AvgIpc) is 3.27. The minimum Gasteiger partial charge on any atom is -0.368 e. The summed E-state index contributed by atoms with van der Waals surface area (Å²) in [5.41, 5.74) is 9.60. The summed E-state index contributed by atoms with van der Waals surface area (Å²) < 4.78 is 0. The number of nitrogens with two attached hydrogens (primary N) is 1. The first-order valence-corrected chi connectivity index (χ1v) is 11.1. The number of amides is 2. The van der Waals surface area contributed by atoms with E-state index in [4.69, 9.17) is 5.73 Å². The minimum atomic E-state index is -0.264. The van der Waals surface area contributed by atoms with Crippen molar-refractivity contribution in [1.29, 1.82) is 0 Å². The van der Waals surface area contributed by atoms with Gasteiger partial charge >= 0.3 is 0 Å². The molecule has 3 N–H and O–H groups in total. The lowest BCUT2D eigenvalue weighted by Gasteiger charge is -2.22. The molecule has 0 bridgehead atoms. The molecule has 5 nitrogen and oxygen atoms in total. The molecule has 0 saturated carbocycles. The van der Waals surface area contributed by atoms with E-state index in [1.54, 1.807) is 0 Å². The summed E-state index contributed by atoms with van der Waals surface area (Å²) in [6.07, 6.45) is 2.14. The molecule has 1 aliphatic rings. The molecule has 0 aromatic heterocycles. The molecule has 1 fully saturated rings. The fourth-order valence-corrected chi connectivity index (χ4v) is 4.52. The van der Waals surface area contributed by atoms with Gasteiger partial charge < -0.3 is 11.1 Å². The molecule has 3 aromatic rings. The van der Waals surface area contributed by atoms with Crippen LogP contribution in [0.4, 0.5) is 5.69 Å². The van der Waals surface area contributed by atoms with Gasteiger partial charge in [-0.05, 0) is 48.2 Å². The van der Waals surface area contributed by atoms with Crippen molar-refractivity contribution < 1.29 is 9.59 Å². The Labute approximate surface area is 189 Å². The monoisotopic (exact) mass is 427 g/mol. The summed E-state index contributed by atoms with van der Waals surface area (Å²) in [4.78, 5) is 26.8. The Morgan fingerprint density at radius 3 is 2.22 bits per heavy atom. The molecule has 0 aliphatic carbocycles. The van der Waals surface area contributed by atoms with Crippen molar-refractivity contribution in [2.45, 2.75) is 37.8 Å². The SMILES string of the molecule is NC(=O)C1CCCN1Cc1cccc(NC(=O)CC(c2ccccc2)c2ccccc2)c1. The van der Waals surface area contributed by atoms with Crippen LogP contribution in [-0.4, -0.2) is 29.3 Å². The topological polar surface area (TPSA) is 75.4 Å². The van der Waals surface area contributed by atoms with Crippen molar-refractivity contribution in [3.63, 3.8) is 0 Å². The smallest absolute Gasteiger partial charge is 0.234 e. The van der Waals surface area contributed by atoms with E-state index >= 15 is 0 Å². The third kappa shape index (κ3) is 5.42. The van der Waals surface area contributed by atoms with Gasteiger partial charge in [-0.2, -0.15) is 0 Å². The van der Waals surface area contributed by atoms with E-state index in [1.165, 1.54) is 0 Å². The summed E-state index contributed by atoms with van der Waals surface area (Å²) in [5.74, 6) is -0.308. The first kappa shape index (κ1) is 21.8. The molecule has 0 spiro atoms. The predicted octanol–water partition coefficient (Wildman–Crippen LogP) is 4.30. The van der Waals surface area contributed by atoms with Crippen LogP contribution in [0.3, 0.4) is 0 Å². The second kappa shape index (κ2) is 10.2. The fraction of sp³-hybridized carbons (Fsp3) is 0.259. The van der Waals surface area contributed by atoms with E-state index in [1.807, 2.05) is 60.7 Å². The van der Waals surface area contributed by atoms with Crippen LogP contribution in [0.2, 0.25) is 0 Å². The molecule has 0 radical (unpaired) electrons. The van der Waals surface area contributed by atoms with Crippen LogP contribution in [-0.2, 0) is 16.1 Å². The maximum Gasteiger partial charge on any atom is 0.234 e. The van der Waals surface area contributed by atoms with Gasteiger partial charge in [-0.3, -0.25) is 14.5 Å². The van der Waals surface area contributed by atoms with Gasteiger partial charge in [0.15, 0.2) is 0 Å². The zero-order chi connectivity index (χ0) is 22.3. The van der Waals surface area contributed by atoms with Crippen LogP contribution >= 0.6 is 0 Å². The maximum absolute atomic E-state index is 13.0. The van der Waals surface area contributed by atoms with Gasteiger partial charge in [-0.25, -0.2) is 0 Å². The third-order valence-electron chi connectivity index (χ3n) is 6.08. The Balaban J connectivity index is 1.45. The Morgan fingerprint density at radius 2 is 1.59 bits per heavy atom. The molecule has 5 heteroatoms. The first-order chi connectivity index (χ1) is 15.6. The Morgan fingerprint density at radius 1 is 0.938 bits per heavy atom. The van der Waals surface area contributed by atoms with Gasteiger partial charge in [0, 0.05) is 24.6 Å². The lowest BCUT2D eigenvalue weighted by molar-refractivity contribution is -0.122. The minimum absolute atomic E-state index is 0.0125. The number of hydrogen-bond donors (Lipinski definition) is 2. The largest absolute Gasteiger partial charge is 0.368 e. The summed E-state index contributed by atoms with van der Waals surface area (Å²) in [5, 5.41) is 3.06. The van der Waals surface area contributed by atoms with Crippen molar-refractivity contribution in [3.8, 4) is 0 Å². The van der Waals surface area contributed by atoms with Crippen molar-refractivity contribution in [1.82, 2.24) is 4.90 Å². The summed E-state index contributed by atoms with van der Waals surface area (Å²) in [7, 11) is 0. The lowest BCUT2D eigenvalue weighted by Crippen LogP contribution is -2.39. The zero-order valence-electron chi connectivity index (χ0n) is 18.1. The zero-order valence-corrected chi connectivity index (χ0v) is 18.1. The molecule has 32 heavy (non-hydrogen) atoms. The van der Waals surface area contributed by atoms with E-state index in [0.29, 0.717) is 13.0 Å². The lowest BCUT2D eigenvalue weighted by atomic mass is 9.88. The highest BCUT2D eigenvalue weighted by Gasteiger charge is 2.28. The Hall–Kier alpha value is -3.44. The normalized spacial score (nSPS) is 16.2. The molecule has 4 rings (SSSR count). The van der Waals surface area contributed by atoms with Gasteiger partial charge in [0.1, 0.15) is 0 Å². The summed E-state index contributed by atoms with van der Waals surface area (Å²) in [6, 6.07) is 27.9. The first-order valence-electron chi connectivity index (χ1n) is 11.1. The van der Waals surface area contributed by atoms with E-state index < -0.39 is 0 Å². The van der Waals surface area contributed by atoms with Crippen molar-refractivity contribution in [2.24, 2.45) is 5.73 Å². The Kier molecular flexibility index (Phi) is 6.97. The molecule has 1 heterocycles. The van der Waals surface area contributed by atoms with Crippen molar-refractivity contribution >= 4 is 17.5 Å². The molecule has 1 unspecified atom stereocenters. The van der Waals surface area contributed by atoms with Crippen LogP contribution < -0.4 is 11.1 Å². The predicted molar refractivity (Wildman–Crippen MR) is 127 cm³/mol. The van der Waals surface area contributed by atoms with Crippen molar-refractivity contribution in [3.05, 3.63) is 102 Å². The van der Waals surface area contributed by atoms with Gasteiger partial charge in [0.25, 0.3) is 0 Å². The highest BCUT2D eigenvalue weighted by molar-refractivity contribution is 5.91. The number of primary amides is 1. The number of anilines is 1. The molecule has 164 valence electrons. The molecule has 3 aromatic carbocycles. The fourth-order valence-electron chi connectivity index (χ4n) is 4.52. The molecule has 1 saturated heterocycles. The highest BCUT2D eigenvalue weighted by atomic mass is 16.2. The second-order valence-electron chi connectivity index (χ2n) is 8.36. The molecule has 2 amide bonds. The molecular weight excluding hydrogens is 398 g/mol. The second-order valence-corrected chi connectivity index (χ2v) is 8.36. The van der Waals surface area contributed by atoms with E-state index in [2.05, 4.69) is 34.5 Å².